The minimum absolute atomic E-state index is 0.819. The fraction of sp³-hybridized carbons (Fsp3) is 0.769. The van der Waals surface area contributed by atoms with Crippen LogP contribution in [0, 0.1) is 6.92 Å². The van der Waals surface area contributed by atoms with Crippen LogP contribution < -0.4 is 0 Å². The summed E-state index contributed by atoms with van der Waals surface area (Å²) in [5.41, 5.74) is 0.972. The number of oxazole rings is 1. The van der Waals surface area contributed by atoms with Gasteiger partial charge >= 0.3 is 0 Å². The monoisotopic (exact) mass is 319 g/mol. The quantitative estimate of drug-likeness (QED) is 0.337. The average molecular weight is 320 g/mol. The molecule has 0 spiro atoms. The number of aromatic nitrogens is 1. The van der Waals surface area contributed by atoms with Crippen LogP contribution in [0.4, 0.5) is 0 Å². The largest absolute Gasteiger partial charge is 0.440 e. The van der Waals surface area contributed by atoms with Crippen molar-refractivity contribution in [2.75, 3.05) is 11.1 Å². The summed E-state index contributed by atoms with van der Waals surface area (Å²) in [4.78, 5) is 4.27. The zero-order valence-electron chi connectivity index (χ0n) is 10.6. The van der Waals surface area contributed by atoms with Crippen LogP contribution in [0.15, 0.2) is 15.9 Å². The highest BCUT2D eigenvalue weighted by Gasteiger charge is 2.00. The predicted molar refractivity (Wildman–Crippen MR) is 78.1 cm³/mol. The van der Waals surface area contributed by atoms with Crippen LogP contribution in [0.5, 0.6) is 0 Å². The number of alkyl halides is 1. The van der Waals surface area contributed by atoms with Gasteiger partial charge in [0.25, 0.3) is 5.22 Å². The van der Waals surface area contributed by atoms with Crippen LogP contribution >= 0.6 is 27.7 Å². The molecule has 1 rings (SSSR count). The molecule has 1 aromatic heterocycles. The van der Waals surface area contributed by atoms with E-state index < -0.39 is 0 Å². The van der Waals surface area contributed by atoms with Gasteiger partial charge in [0.2, 0.25) is 0 Å². The molecule has 1 aromatic rings. The Kier molecular flexibility index (Phi) is 8.89. The van der Waals surface area contributed by atoms with Gasteiger partial charge in [-0.05, 0) is 19.8 Å². The first-order valence-electron chi connectivity index (χ1n) is 6.44. The van der Waals surface area contributed by atoms with Gasteiger partial charge in [0.1, 0.15) is 6.26 Å². The summed E-state index contributed by atoms with van der Waals surface area (Å²) in [5.74, 6) is 1.13. The van der Waals surface area contributed by atoms with Crippen molar-refractivity contribution in [1.82, 2.24) is 4.98 Å². The molecule has 0 fully saturated rings. The molecule has 0 saturated carbocycles. The van der Waals surface area contributed by atoms with Gasteiger partial charge in [-0.1, -0.05) is 59.8 Å². The summed E-state index contributed by atoms with van der Waals surface area (Å²) in [5, 5.41) is 1.97. The van der Waals surface area contributed by atoms with Crippen molar-refractivity contribution in [3.05, 3.63) is 12.0 Å². The van der Waals surface area contributed by atoms with Crippen molar-refractivity contribution < 1.29 is 4.42 Å². The van der Waals surface area contributed by atoms with Crippen molar-refractivity contribution in [2.45, 2.75) is 57.1 Å². The van der Waals surface area contributed by atoms with Gasteiger partial charge in [-0.25, -0.2) is 4.98 Å². The maximum absolute atomic E-state index is 5.28. The maximum Gasteiger partial charge on any atom is 0.255 e. The van der Waals surface area contributed by atoms with E-state index in [1.165, 1.54) is 44.9 Å². The van der Waals surface area contributed by atoms with Crippen molar-refractivity contribution in [2.24, 2.45) is 0 Å². The third kappa shape index (κ3) is 7.87. The number of thioether (sulfide) groups is 1. The minimum Gasteiger partial charge on any atom is -0.440 e. The number of rotatable bonds is 10. The van der Waals surface area contributed by atoms with E-state index in [1.54, 1.807) is 18.0 Å². The molecule has 4 heteroatoms. The summed E-state index contributed by atoms with van der Waals surface area (Å²) in [6.45, 7) is 1.96. The molecule has 0 aliphatic rings. The highest BCUT2D eigenvalue weighted by Crippen LogP contribution is 2.19. The highest BCUT2D eigenvalue weighted by atomic mass is 79.9. The molecule has 98 valence electrons. The van der Waals surface area contributed by atoms with E-state index in [1.807, 2.05) is 6.92 Å². The second kappa shape index (κ2) is 10.0. The van der Waals surface area contributed by atoms with E-state index in [0.29, 0.717) is 0 Å². The summed E-state index contributed by atoms with van der Waals surface area (Å²) in [6.07, 6.45) is 11.1. The van der Waals surface area contributed by atoms with E-state index in [0.717, 1.165) is 22.0 Å². The molecular formula is C13H22BrNOS. The molecule has 1 heterocycles. The van der Waals surface area contributed by atoms with Crippen molar-refractivity contribution in [3.63, 3.8) is 0 Å². The smallest absolute Gasteiger partial charge is 0.255 e. The molecule has 0 amide bonds. The Morgan fingerprint density at radius 1 is 1.12 bits per heavy atom. The minimum atomic E-state index is 0.819. The number of halogens is 1. The summed E-state index contributed by atoms with van der Waals surface area (Å²) in [7, 11) is 0. The van der Waals surface area contributed by atoms with E-state index in [4.69, 9.17) is 4.42 Å². The molecule has 0 unspecified atom stereocenters. The molecule has 0 aliphatic carbocycles. The highest BCUT2D eigenvalue weighted by molar-refractivity contribution is 9.09. The lowest BCUT2D eigenvalue weighted by Gasteiger charge is -2.00. The number of unbranched alkanes of at least 4 members (excludes halogenated alkanes) is 6. The number of aryl methyl sites for hydroxylation is 1. The second-order valence-corrected chi connectivity index (χ2v) is 6.11. The summed E-state index contributed by atoms with van der Waals surface area (Å²) < 4.78 is 5.28. The standard InChI is InChI=1S/C13H22BrNOS/c1-12-11-16-13(15-12)17-10-8-6-4-2-3-5-7-9-14/h11H,2-10H2,1H3. The van der Waals surface area contributed by atoms with Crippen LogP contribution in [0.25, 0.3) is 0 Å². The van der Waals surface area contributed by atoms with Crippen LogP contribution in [0.2, 0.25) is 0 Å². The second-order valence-electron chi connectivity index (χ2n) is 4.27. The lowest BCUT2D eigenvalue weighted by molar-refractivity contribution is 0.454. The van der Waals surface area contributed by atoms with E-state index in [-0.39, 0.29) is 0 Å². The first kappa shape index (κ1) is 15.1. The van der Waals surface area contributed by atoms with Crippen LogP contribution in [-0.4, -0.2) is 16.1 Å². The zero-order chi connectivity index (χ0) is 12.3. The Morgan fingerprint density at radius 2 is 1.76 bits per heavy atom. The van der Waals surface area contributed by atoms with Crippen molar-refractivity contribution in [3.8, 4) is 0 Å². The Morgan fingerprint density at radius 3 is 2.35 bits per heavy atom. The number of nitrogens with zero attached hydrogens (tertiary/aromatic N) is 1. The Balaban J connectivity index is 1.84. The van der Waals surface area contributed by atoms with E-state index >= 15 is 0 Å². The Hall–Kier alpha value is 0.0400. The molecule has 0 bridgehead atoms. The molecule has 0 N–H and O–H groups in total. The average Bonchev–Trinajstić information content (AvgIpc) is 2.73. The van der Waals surface area contributed by atoms with Gasteiger partial charge in [0.05, 0.1) is 5.69 Å². The molecule has 0 aromatic carbocycles. The number of hydrogen-bond acceptors (Lipinski definition) is 3. The van der Waals surface area contributed by atoms with Gasteiger partial charge in [0, 0.05) is 11.1 Å². The first-order chi connectivity index (χ1) is 8.33. The number of hydrogen-bond donors (Lipinski definition) is 0. The van der Waals surface area contributed by atoms with Crippen LogP contribution in [0.3, 0.4) is 0 Å². The van der Waals surface area contributed by atoms with Gasteiger partial charge in [-0.3, -0.25) is 0 Å². The third-order valence-electron chi connectivity index (χ3n) is 2.60. The lowest BCUT2D eigenvalue weighted by atomic mass is 10.1. The molecule has 0 aliphatic heterocycles. The fourth-order valence-electron chi connectivity index (χ4n) is 1.64. The topological polar surface area (TPSA) is 26.0 Å². The Labute approximate surface area is 117 Å². The van der Waals surface area contributed by atoms with Gasteiger partial charge < -0.3 is 4.42 Å². The maximum atomic E-state index is 5.28. The molecule has 2 nitrogen and oxygen atoms in total. The third-order valence-corrected chi connectivity index (χ3v) is 4.09. The van der Waals surface area contributed by atoms with E-state index in [2.05, 4.69) is 20.9 Å². The molecule has 17 heavy (non-hydrogen) atoms. The predicted octanol–water partition coefficient (Wildman–Crippen LogP) is 5.20. The van der Waals surface area contributed by atoms with Gasteiger partial charge in [-0.2, -0.15) is 0 Å². The van der Waals surface area contributed by atoms with Crippen molar-refractivity contribution in [1.29, 1.82) is 0 Å². The Bertz CT molecular complexity index is 291. The zero-order valence-corrected chi connectivity index (χ0v) is 13.0. The molecule has 0 saturated heterocycles. The fourth-order valence-corrected chi connectivity index (χ4v) is 2.88. The molecule has 0 atom stereocenters. The van der Waals surface area contributed by atoms with Gasteiger partial charge in [0.15, 0.2) is 0 Å². The van der Waals surface area contributed by atoms with E-state index in [9.17, 15) is 0 Å². The SMILES string of the molecule is Cc1coc(SCCCCCCCCCBr)n1. The van der Waals surface area contributed by atoms with Crippen LogP contribution in [-0.2, 0) is 0 Å². The molecule has 0 radical (unpaired) electrons. The summed E-state index contributed by atoms with van der Waals surface area (Å²) >= 11 is 5.19. The normalized spacial score (nSPS) is 10.9. The summed E-state index contributed by atoms with van der Waals surface area (Å²) in [6, 6.07) is 0. The molecular weight excluding hydrogens is 298 g/mol. The van der Waals surface area contributed by atoms with Crippen LogP contribution in [0.1, 0.15) is 50.6 Å². The lowest BCUT2D eigenvalue weighted by Crippen LogP contribution is -1.84. The first-order valence-corrected chi connectivity index (χ1v) is 8.54. The van der Waals surface area contributed by atoms with Crippen molar-refractivity contribution >= 4 is 27.7 Å². The van der Waals surface area contributed by atoms with Gasteiger partial charge in [-0.15, -0.1) is 0 Å².